The molecule has 0 fully saturated rings. The highest BCUT2D eigenvalue weighted by molar-refractivity contribution is 6.29. The number of hydrogen-bond acceptors (Lipinski definition) is 1. The fourth-order valence-corrected chi connectivity index (χ4v) is 0.320. The molecule has 1 nitrogen and oxygen atoms in total. The van der Waals surface area contributed by atoms with Crippen LogP contribution in [-0.4, -0.2) is 13.2 Å². The lowest BCUT2D eigenvalue weighted by atomic mass is 10.5. The molecule has 0 aliphatic carbocycles. The quantitative estimate of drug-likeness (QED) is 0.535. The number of halogens is 1. The van der Waals surface area contributed by atoms with Gasteiger partial charge < -0.3 is 4.74 Å². The van der Waals surface area contributed by atoms with Crippen molar-refractivity contribution in [1.82, 2.24) is 0 Å². The Morgan fingerprint density at radius 3 is 2.88 bits per heavy atom. The summed E-state index contributed by atoms with van der Waals surface area (Å²) in [6.07, 6.45) is 1.80. The Morgan fingerprint density at radius 1 is 1.88 bits per heavy atom. The van der Waals surface area contributed by atoms with Crippen molar-refractivity contribution < 1.29 is 4.74 Å². The van der Waals surface area contributed by atoms with Gasteiger partial charge in [-0.2, -0.15) is 0 Å². The monoisotopic (exact) mass is 133 g/mol. The van der Waals surface area contributed by atoms with Gasteiger partial charge in [-0.25, -0.2) is 0 Å². The first-order valence-electron chi connectivity index (χ1n) is 2.46. The van der Waals surface area contributed by atoms with E-state index >= 15 is 0 Å². The van der Waals surface area contributed by atoms with Gasteiger partial charge in [0, 0.05) is 11.6 Å². The van der Waals surface area contributed by atoms with Crippen molar-refractivity contribution in [1.29, 1.82) is 0 Å². The lowest BCUT2D eigenvalue weighted by Crippen LogP contribution is -1.88. The third-order valence-corrected chi connectivity index (χ3v) is 0.781. The van der Waals surface area contributed by atoms with Crippen LogP contribution in [0, 0.1) is 6.92 Å². The Morgan fingerprint density at radius 2 is 2.50 bits per heavy atom. The fraction of sp³-hybridized carbons (Fsp3) is 0.500. The summed E-state index contributed by atoms with van der Waals surface area (Å²) in [7, 11) is 0. The Kier molecular flexibility index (Phi) is 5.13. The zero-order valence-corrected chi connectivity index (χ0v) is 5.74. The van der Waals surface area contributed by atoms with Crippen molar-refractivity contribution >= 4 is 11.6 Å². The van der Waals surface area contributed by atoms with Gasteiger partial charge in [0.15, 0.2) is 0 Å². The van der Waals surface area contributed by atoms with Gasteiger partial charge in [-0.05, 0) is 19.9 Å². The van der Waals surface area contributed by atoms with Crippen molar-refractivity contribution in [3.63, 3.8) is 0 Å². The predicted molar refractivity (Wildman–Crippen MR) is 35.8 cm³/mol. The second-order valence-corrected chi connectivity index (χ2v) is 1.96. The number of hydrogen-bond donors (Lipinski definition) is 0. The Balaban J connectivity index is 3.03. The zero-order valence-electron chi connectivity index (χ0n) is 4.98. The smallest absolute Gasteiger partial charge is 0.0661 e. The molecule has 0 amide bonds. The molecular formula is C6H10ClO. The standard InChI is InChI=1S/C6H10ClO/c1-3-8-5-4-6(2)7/h4H,1,3,5H2,2H3. The second-order valence-electron chi connectivity index (χ2n) is 1.37. The summed E-state index contributed by atoms with van der Waals surface area (Å²) in [5.41, 5.74) is 0. The SMILES string of the molecule is [CH2]COCC=C(C)Cl. The molecule has 0 unspecified atom stereocenters. The fourth-order valence-electron chi connectivity index (χ4n) is 0.257. The van der Waals surface area contributed by atoms with Crippen LogP contribution in [0.3, 0.4) is 0 Å². The number of ether oxygens (including phenoxy) is 1. The Hall–Kier alpha value is -0.0100. The van der Waals surface area contributed by atoms with E-state index in [0.717, 1.165) is 5.03 Å². The zero-order chi connectivity index (χ0) is 6.41. The van der Waals surface area contributed by atoms with Gasteiger partial charge in [0.05, 0.1) is 6.61 Å². The molecule has 0 heterocycles. The summed E-state index contributed by atoms with van der Waals surface area (Å²) >= 11 is 5.47. The molecule has 0 atom stereocenters. The maximum Gasteiger partial charge on any atom is 0.0661 e. The van der Waals surface area contributed by atoms with Gasteiger partial charge in [0.25, 0.3) is 0 Å². The molecule has 0 aromatic rings. The van der Waals surface area contributed by atoms with Crippen LogP contribution in [0.2, 0.25) is 0 Å². The summed E-state index contributed by atoms with van der Waals surface area (Å²) in [6, 6.07) is 0. The highest BCUT2D eigenvalue weighted by Crippen LogP contribution is 1.96. The lowest BCUT2D eigenvalue weighted by molar-refractivity contribution is 0.192. The van der Waals surface area contributed by atoms with Gasteiger partial charge in [0.1, 0.15) is 0 Å². The van der Waals surface area contributed by atoms with E-state index in [9.17, 15) is 0 Å². The predicted octanol–water partition coefficient (Wildman–Crippen LogP) is 1.98. The van der Waals surface area contributed by atoms with Crippen LogP contribution in [0.15, 0.2) is 11.1 Å². The lowest BCUT2D eigenvalue weighted by Gasteiger charge is -1.91. The van der Waals surface area contributed by atoms with Gasteiger partial charge in [-0.15, -0.1) is 0 Å². The molecule has 0 bridgehead atoms. The first-order valence-corrected chi connectivity index (χ1v) is 2.84. The van der Waals surface area contributed by atoms with Crippen molar-refractivity contribution in [2.75, 3.05) is 13.2 Å². The largest absolute Gasteiger partial charge is 0.377 e. The number of rotatable bonds is 3. The Bertz CT molecular complexity index is 74.6. The van der Waals surface area contributed by atoms with E-state index in [4.69, 9.17) is 16.3 Å². The van der Waals surface area contributed by atoms with Gasteiger partial charge >= 0.3 is 0 Å². The Labute approximate surface area is 55.3 Å². The molecule has 47 valence electrons. The van der Waals surface area contributed by atoms with E-state index in [2.05, 4.69) is 6.92 Å². The summed E-state index contributed by atoms with van der Waals surface area (Å²) in [4.78, 5) is 0. The molecule has 0 aromatic heterocycles. The molecule has 0 saturated carbocycles. The van der Waals surface area contributed by atoms with Crippen molar-refractivity contribution in [3.05, 3.63) is 18.0 Å². The van der Waals surface area contributed by atoms with Crippen LogP contribution >= 0.6 is 11.6 Å². The molecule has 1 radical (unpaired) electrons. The minimum Gasteiger partial charge on any atom is -0.377 e. The topological polar surface area (TPSA) is 9.23 Å². The highest BCUT2D eigenvalue weighted by Gasteiger charge is 1.78. The third-order valence-electron chi connectivity index (χ3n) is 0.627. The van der Waals surface area contributed by atoms with Crippen molar-refractivity contribution in [3.8, 4) is 0 Å². The molecule has 2 heteroatoms. The molecule has 0 N–H and O–H groups in total. The molecule has 0 rings (SSSR count). The molecule has 0 aromatic carbocycles. The van der Waals surface area contributed by atoms with Crippen LogP contribution < -0.4 is 0 Å². The molecule has 0 spiro atoms. The van der Waals surface area contributed by atoms with E-state index < -0.39 is 0 Å². The van der Waals surface area contributed by atoms with Crippen molar-refractivity contribution in [2.45, 2.75) is 6.92 Å². The van der Waals surface area contributed by atoms with Crippen LogP contribution in [-0.2, 0) is 4.74 Å². The van der Waals surface area contributed by atoms with Crippen LogP contribution in [0.1, 0.15) is 6.92 Å². The average molecular weight is 134 g/mol. The van der Waals surface area contributed by atoms with Gasteiger partial charge in [-0.1, -0.05) is 11.6 Å². The number of allylic oxidation sites excluding steroid dienone is 1. The summed E-state index contributed by atoms with van der Waals surface area (Å²) < 4.78 is 4.87. The van der Waals surface area contributed by atoms with Gasteiger partial charge in [0.2, 0.25) is 0 Å². The molecule has 0 aliphatic heterocycles. The second kappa shape index (κ2) is 5.13. The molecule has 0 aliphatic rings. The maximum absolute atomic E-state index is 5.47. The average Bonchev–Trinajstić information content (AvgIpc) is 1.66. The highest BCUT2D eigenvalue weighted by atomic mass is 35.5. The summed E-state index contributed by atoms with van der Waals surface area (Å²) in [5, 5.41) is 0.762. The molecular weight excluding hydrogens is 124 g/mol. The van der Waals surface area contributed by atoms with Gasteiger partial charge in [-0.3, -0.25) is 0 Å². The van der Waals surface area contributed by atoms with E-state index in [-0.39, 0.29) is 0 Å². The van der Waals surface area contributed by atoms with Crippen LogP contribution in [0.4, 0.5) is 0 Å². The summed E-state index contributed by atoms with van der Waals surface area (Å²) in [6.45, 7) is 6.37. The van der Waals surface area contributed by atoms with Crippen LogP contribution in [0.5, 0.6) is 0 Å². The van der Waals surface area contributed by atoms with E-state index in [1.165, 1.54) is 0 Å². The summed E-state index contributed by atoms with van der Waals surface area (Å²) in [5.74, 6) is 0. The minimum atomic E-state index is 0.501. The molecule has 8 heavy (non-hydrogen) atoms. The van der Waals surface area contributed by atoms with E-state index in [0.29, 0.717) is 13.2 Å². The third kappa shape index (κ3) is 5.99. The van der Waals surface area contributed by atoms with Crippen LogP contribution in [0.25, 0.3) is 0 Å². The van der Waals surface area contributed by atoms with E-state index in [1.54, 1.807) is 6.08 Å². The first-order chi connectivity index (χ1) is 3.77. The minimum absolute atomic E-state index is 0.501. The molecule has 0 saturated heterocycles. The van der Waals surface area contributed by atoms with E-state index in [1.807, 2.05) is 6.92 Å². The van der Waals surface area contributed by atoms with Crippen molar-refractivity contribution in [2.24, 2.45) is 0 Å². The maximum atomic E-state index is 5.47. The normalized spacial score (nSPS) is 12.1. The first kappa shape index (κ1) is 7.99.